The van der Waals surface area contributed by atoms with E-state index in [0.29, 0.717) is 13.2 Å². The average Bonchev–Trinajstić information content (AvgIpc) is 2.60. The van der Waals surface area contributed by atoms with Crippen molar-refractivity contribution in [3.8, 4) is 5.75 Å². The highest BCUT2D eigenvalue weighted by Crippen LogP contribution is 2.10. The third kappa shape index (κ3) is 6.12. The van der Waals surface area contributed by atoms with Crippen molar-refractivity contribution in [3.05, 3.63) is 65.2 Å². The summed E-state index contributed by atoms with van der Waals surface area (Å²) in [4.78, 5) is 16.7. The summed E-state index contributed by atoms with van der Waals surface area (Å²) in [6, 6.07) is 15.5. The van der Waals surface area contributed by atoms with Crippen molar-refractivity contribution in [3.63, 3.8) is 0 Å². The van der Waals surface area contributed by atoms with Crippen LogP contribution in [0.4, 0.5) is 0 Å². The lowest BCUT2D eigenvalue weighted by atomic mass is 10.1. The zero-order valence-corrected chi connectivity index (χ0v) is 14.0. The normalized spacial score (nSPS) is 10.6. The maximum atomic E-state index is 11.7. The minimum absolute atomic E-state index is 0.112. The molecule has 0 aliphatic heterocycles. The Morgan fingerprint density at radius 3 is 2.50 bits per heavy atom. The monoisotopic (exact) mass is 326 g/mol. The molecule has 2 aromatic carbocycles. The number of rotatable bonds is 8. The van der Waals surface area contributed by atoms with Crippen LogP contribution in [-0.4, -0.2) is 25.3 Å². The molecular formula is C19H22N2O3. The zero-order valence-electron chi connectivity index (χ0n) is 14.0. The standard InChI is InChI=1S/C19H22N2O3/c1-3-23-18-10-8-17(9-11-18)13-21-24-14-19(22)20-12-16-6-4-15(2)5-7-16/h4-11,13H,3,12,14H2,1-2H3,(H,20,22)/b21-13+. The van der Waals surface area contributed by atoms with Crippen molar-refractivity contribution in [2.75, 3.05) is 13.2 Å². The number of carbonyl (C=O) groups is 1. The topological polar surface area (TPSA) is 59.9 Å². The van der Waals surface area contributed by atoms with Gasteiger partial charge in [0.1, 0.15) is 5.75 Å². The Hall–Kier alpha value is -2.82. The first-order valence-corrected chi connectivity index (χ1v) is 7.88. The average molecular weight is 326 g/mol. The SMILES string of the molecule is CCOc1ccc(/C=N/OCC(=O)NCc2ccc(C)cc2)cc1. The number of carbonyl (C=O) groups excluding carboxylic acids is 1. The molecule has 0 fully saturated rings. The quantitative estimate of drug-likeness (QED) is 0.599. The molecule has 0 saturated heterocycles. The van der Waals surface area contributed by atoms with E-state index in [4.69, 9.17) is 9.57 Å². The largest absolute Gasteiger partial charge is 0.494 e. The highest BCUT2D eigenvalue weighted by molar-refractivity contribution is 5.80. The van der Waals surface area contributed by atoms with Gasteiger partial charge in [-0.05, 0) is 49.2 Å². The van der Waals surface area contributed by atoms with E-state index in [-0.39, 0.29) is 12.5 Å². The molecular weight excluding hydrogens is 304 g/mol. The highest BCUT2D eigenvalue weighted by Gasteiger charge is 2.01. The maximum Gasteiger partial charge on any atom is 0.261 e. The van der Waals surface area contributed by atoms with Gasteiger partial charge in [0.25, 0.3) is 5.91 Å². The lowest BCUT2D eigenvalue weighted by molar-refractivity contribution is -0.125. The molecule has 2 aromatic rings. The Morgan fingerprint density at radius 2 is 1.83 bits per heavy atom. The van der Waals surface area contributed by atoms with Crippen molar-refractivity contribution in [2.45, 2.75) is 20.4 Å². The van der Waals surface area contributed by atoms with E-state index in [1.165, 1.54) is 5.56 Å². The molecule has 126 valence electrons. The van der Waals surface area contributed by atoms with Gasteiger partial charge in [0, 0.05) is 6.54 Å². The predicted octanol–water partition coefficient (Wildman–Crippen LogP) is 3.06. The highest BCUT2D eigenvalue weighted by atomic mass is 16.6. The number of hydrogen-bond donors (Lipinski definition) is 1. The van der Waals surface area contributed by atoms with Crippen LogP contribution in [-0.2, 0) is 16.2 Å². The second kappa shape index (κ2) is 9.35. The molecule has 0 unspecified atom stereocenters. The predicted molar refractivity (Wildman–Crippen MR) is 94.2 cm³/mol. The number of benzene rings is 2. The fourth-order valence-corrected chi connectivity index (χ4v) is 1.97. The van der Waals surface area contributed by atoms with E-state index in [1.54, 1.807) is 6.21 Å². The third-order valence-electron chi connectivity index (χ3n) is 3.27. The summed E-state index contributed by atoms with van der Waals surface area (Å²) in [5, 5.41) is 6.58. The number of aryl methyl sites for hydroxylation is 1. The molecule has 5 heteroatoms. The van der Waals surface area contributed by atoms with Crippen LogP contribution in [0.5, 0.6) is 5.75 Å². The smallest absolute Gasteiger partial charge is 0.261 e. The number of ether oxygens (including phenoxy) is 1. The Kier molecular flexibility index (Phi) is 6.83. The molecule has 0 aromatic heterocycles. The van der Waals surface area contributed by atoms with Gasteiger partial charge >= 0.3 is 0 Å². The lowest BCUT2D eigenvalue weighted by Crippen LogP contribution is -2.26. The van der Waals surface area contributed by atoms with Crippen molar-refractivity contribution in [1.29, 1.82) is 0 Å². The van der Waals surface area contributed by atoms with Crippen molar-refractivity contribution < 1.29 is 14.4 Å². The molecule has 0 atom stereocenters. The lowest BCUT2D eigenvalue weighted by Gasteiger charge is -2.05. The minimum Gasteiger partial charge on any atom is -0.494 e. The van der Waals surface area contributed by atoms with Crippen LogP contribution in [0.2, 0.25) is 0 Å². The number of oxime groups is 1. The van der Waals surface area contributed by atoms with E-state index < -0.39 is 0 Å². The van der Waals surface area contributed by atoms with Gasteiger partial charge in [-0.3, -0.25) is 4.79 Å². The zero-order chi connectivity index (χ0) is 17.2. The summed E-state index contributed by atoms with van der Waals surface area (Å²) in [6.45, 7) is 4.96. The summed E-state index contributed by atoms with van der Waals surface area (Å²) >= 11 is 0. The second-order valence-corrected chi connectivity index (χ2v) is 5.27. The molecule has 5 nitrogen and oxygen atoms in total. The number of nitrogens with zero attached hydrogens (tertiary/aromatic N) is 1. The Bertz CT molecular complexity index is 664. The van der Waals surface area contributed by atoms with Gasteiger partial charge in [-0.2, -0.15) is 0 Å². The van der Waals surface area contributed by atoms with Gasteiger partial charge < -0.3 is 14.9 Å². The minimum atomic E-state index is -0.209. The van der Waals surface area contributed by atoms with Gasteiger partial charge in [0.2, 0.25) is 0 Å². The van der Waals surface area contributed by atoms with Crippen LogP contribution in [0.25, 0.3) is 0 Å². The molecule has 2 rings (SSSR count). The van der Waals surface area contributed by atoms with Crippen LogP contribution in [0.15, 0.2) is 53.7 Å². The van der Waals surface area contributed by atoms with E-state index >= 15 is 0 Å². The van der Waals surface area contributed by atoms with Gasteiger partial charge in [0.15, 0.2) is 6.61 Å². The van der Waals surface area contributed by atoms with Crippen LogP contribution in [0.3, 0.4) is 0 Å². The van der Waals surface area contributed by atoms with Crippen molar-refractivity contribution in [1.82, 2.24) is 5.32 Å². The van der Waals surface area contributed by atoms with Gasteiger partial charge in [0.05, 0.1) is 12.8 Å². The first-order chi connectivity index (χ1) is 11.7. The van der Waals surface area contributed by atoms with E-state index in [9.17, 15) is 4.79 Å². The Morgan fingerprint density at radius 1 is 1.12 bits per heavy atom. The van der Waals surface area contributed by atoms with Crippen LogP contribution >= 0.6 is 0 Å². The second-order valence-electron chi connectivity index (χ2n) is 5.27. The Labute approximate surface area is 142 Å². The molecule has 0 spiro atoms. The summed E-state index contributed by atoms with van der Waals surface area (Å²) in [5.74, 6) is 0.602. The number of nitrogens with one attached hydrogen (secondary N) is 1. The molecule has 0 heterocycles. The molecule has 0 aliphatic carbocycles. The molecule has 0 aliphatic rings. The van der Waals surface area contributed by atoms with Crippen LogP contribution in [0, 0.1) is 6.92 Å². The molecule has 0 saturated carbocycles. The van der Waals surface area contributed by atoms with Crippen molar-refractivity contribution in [2.24, 2.45) is 5.16 Å². The fourth-order valence-electron chi connectivity index (χ4n) is 1.97. The molecule has 0 radical (unpaired) electrons. The van der Waals surface area contributed by atoms with Gasteiger partial charge in [-0.1, -0.05) is 35.0 Å². The first-order valence-electron chi connectivity index (χ1n) is 7.88. The summed E-state index contributed by atoms with van der Waals surface area (Å²) in [7, 11) is 0. The molecule has 1 N–H and O–H groups in total. The molecule has 0 bridgehead atoms. The maximum absolute atomic E-state index is 11.7. The van der Waals surface area contributed by atoms with Crippen LogP contribution < -0.4 is 10.1 Å². The molecule has 1 amide bonds. The Balaban J connectivity index is 1.68. The summed E-state index contributed by atoms with van der Waals surface area (Å²) in [5.41, 5.74) is 3.11. The third-order valence-corrected chi connectivity index (χ3v) is 3.27. The number of amides is 1. The van der Waals surface area contributed by atoms with Crippen LogP contribution in [0.1, 0.15) is 23.6 Å². The summed E-state index contributed by atoms with van der Waals surface area (Å²) < 4.78 is 5.36. The molecule has 24 heavy (non-hydrogen) atoms. The number of hydrogen-bond acceptors (Lipinski definition) is 4. The van der Waals surface area contributed by atoms with Gasteiger partial charge in [-0.15, -0.1) is 0 Å². The van der Waals surface area contributed by atoms with E-state index in [0.717, 1.165) is 16.9 Å². The van der Waals surface area contributed by atoms with Crippen molar-refractivity contribution >= 4 is 12.1 Å². The van der Waals surface area contributed by atoms with E-state index in [2.05, 4.69) is 10.5 Å². The summed E-state index contributed by atoms with van der Waals surface area (Å²) in [6.07, 6.45) is 1.56. The van der Waals surface area contributed by atoms with E-state index in [1.807, 2.05) is 62.4 Å². The first kappa shape index (κ1) is 17.5. The fraction of sp³-hybridized carbons (Fsp3) is 0.263. The van der Waals surface area contributed by atoms with Gasteiger partial charge in [-0.25, -0.2) is 0 Å².